The van der Waals surface area contributed by atoms with Gasteiger partial charge in [-0.2, -0.15) is 17.5 Å². The van der Waals surface area contributed by atoms with Gasteiger partial charge in [-0.3, -0.25) is 0 Å². The summed E-state index contributed by atoms with van der Waals surface area (Å²) in [6.07, 6.45) is -3.68. The zero-order valence-electron chi connectivity index (χ0n) is 11.0. The molecule has 19 heavy (non-hydrogen) atoms. The number of halogens is 3. The van der Waals surface area contributed by atoms with Crippen molar-refractivity contribution >= 4 is 10.0 Å². The number of alkyl halides is 3. The summed E-state index contributed by atoms with van der Waals surface area (Å²) in [6, 6.07) is 0. The largest absolute Gasteiger partial charge is 0.412 e. The summed E-state index contributed by atoms with van der Waals surface area (Å²) in [7, 11) is -3.54. The van der Waals surface area contributed by atoms with Crippen LogP contribution in [0.25, 0.3) is 0 Å². The molecule has 8 heteroatoms. The first kappa shape index (κ1) is 16.5. The number of hydrogen-bond donors (Lipinski definition) is 1. The van der Waals surface area contributed by atoms with Crippen molar-refractivity contribution in [1.82, 2.24) is 9.62 Å². The lowest BCUT2D eigenvalue weighted by atomic mass is 10.1. The summed E-state index contributed by atoms with van der Waals surface area (Å²) in [5, 5.41) is 2.28. The maximum atomic E-state index is 12.4. The van der Waals surface area contributed by atoms with Gasteiger partial charge in [-0.05, 0) is 19.9 Å². The van der Waals surface area contributed by atoms with Crippen molar-refractivity contribution in [3.8, 4) is 0 Å². The van der Waals surface area contributed by atoms with Gasteiger partial charge in [0.2, 0.25) is 10.0 Å². The van der Waals surface area contributed by atoms with Crippen LogP contribution < -0.4 is 5.32 Å². The Kier molecular flexibility index (Phi) is 5.40. The molecule has 0 aromatic heterocycles. The van der Waals surface area contributed by atoms with Gasteiger partial charge in [0.25, 0.3) is 0 Å². The highest BCUT2D eigenvalue weighted by Crippen LogP contribution is 2.31. The highest BCUT2D eigenvalue weighted by molar-refractivity contribution is 7.89. The number of rotatable bonds is 5. The van der Waals surface area contributed by atoms with Gasteiger partial charge < -0.3 is 5.32 Å². The van der Waals surface area contributed by atoms with Crippen molar-refractivity contribution in [3.05, 3.63) is 11.6 Å². The Balaban J connectivity index is 2.71. The molecule has 0 saturated heterocycles. The molecule has 0 aliphatic carbocycles. The first-order valence-electron chi connectivity index (χ1n) is 6.15. The fraction of sp³-hybridized carbons (Fsp3) is 0.818. The third kappa shape index (κ3) is 4.19. The molecule has 0 amide bonds. The Bertz CT molecular complexity index is 432. The van der Waals surface area contributed by atoms with Crippen LogP contribution in [0.1, 0.15) is 20.3 Å². The van der Waals surface area contributed by atoms with E-state index in [1.165, 1.54) is 0 Å². The Hall–Kier alpha value is -0.600. The molecule has 0 spiro atoms. The van der Waals surface area contributed by atoms with E-state index in [9.17, 15) is 21.6 Å². The van der Waals surface area contributed by atoms with E-state index in [1.54, 1.807) is 6.92 Å². The van der Waals surface area contributed by atoms with Crippen LogP contribution in [0.2, 0.25) is 0 Å². The SMILES string of the molecule is CCNCC(C)S(=O)(=O)N1CC=C(C(F)(F)F)CC1. The van der Waals surface area contributed by atoms with Crippen molar-refractivity contribution < 1.29 is 21.6 Å². The Morgan fingerprint density at radius 2 is 2.11 bits per heavy atom. The number of nitrogens with one attached hydrogen (secondary N) is 1. The minimum Gasteiger partial charge on any atom is -0.316 e. The fourth-order valence-corrected chi connectivity index (χ4v) is 3.31. The standard InChI is InChI=1S/C11H19F3N2O2S/c1-3-15-8-9(2)19(17,18)16-6-4-10(5-7-16)11(12,13)14/h4,9,15H,3,5-8H2,1-2H3. The molecular formula is C11H19F3N2O2S. The Labute approximate surface area is 111 Å². The quantitative estimate of drug-likeness (QED) is 0.783. The van der Waals surface area contributed by atoms with Gasteiger partial charge in [-0.25, -0.2) is 8.42 Å². The van der Waals surface area contributed by atoms with Gasteiger partial charge >= 0.3 is 6.18 Å². The molecule has 1 atom stereocenters. The topological polar surface area (TPSA) is 49.4 Å². The molecule has 0 radical (unpaired) electrons. The Morgan fingerprint density at radius 3 is 2.53 bits per heavy atom. The molecule has 1 unspecified atom stereocenters. The van der Waals surface area contributed by atoms with Crippen LogP contribution >= 0.6 is 0 Å². The third-order valence-electron chi connectivity index (χ3n) is 3.09. The molecule has 1 aliphatic heterocycles. The van der Waals surface area contributed by atoms with E-state index in [2.05, 4.69) is 5.32 Å². The molecule has 0 fully saturated rings. The lowest BCUT2D eigenvalue weighted by Crippen LogP contribution is -2.44. The third-order valence-corrected chi connectivity index (χ3v) is 5.32. The van der Waals surface area contributed by atoms with Crippen LogP contribution in [0.4, 0.5) is 13.2 Å². The van der Waals surface area contributed by atoms with Gasteiger partial charge in [-0.15, -0.1) is 0 Å². The van der Waals surface area contributed by atoms with E-state index in [4.69, 9.17) is 0 Å². The van der Waals surface area contributed by atoms with E-state index in [-0.39, 0.29) is 19.5 Å². The maximum Gasteiger partial charge on any atom is 0.412 e. The average molecular weight is 300 g/mol. The molecule has 0 aromatic rings. The zero-order chi connectivity index (χ0) is 14.7. The first-order chi connectivity index (χ1) is 8.69. The molecular weight excluding hydrogens is 281 g/mol. The smallest absolute Gasteiger partial charge is 0.316 e. The number of nitrogens with zero attached hydrogens (tertiary/aromatic N) is 1. The number of hydrogen-bond acceptors (Lipinski definition) is 3. The summed E-state index contributed by atoms with van der Waals surface area (Å²) >= 11 is 0. The van der Waals surface area contributed by atoms with E-state index >= 15 is 0 Å². The van der Waals surface area contributed by atoms with Gasteiger partial charge in [0.15, 0.2) is 0 Å². The molecule has 1 rings (SSSR count). The van der Waals surface area contributed by atoms with E-state index in [0.717, 1.165) is 10.4 Å². The van der Waals surface area contributed by atoms with Crippen molar-refractivity contribution in [2.75, 3.05) is 26.2 Å². The van der Waals surface area contributed by atoms with Crippen LogP contribution in [-0.4, -0.2) is 50.3 Å². The van der Waals surface area contributed by atoms with Crippen LogP contribution in [0, 0.1) is 0 Å². The Morgan fingerprint density at radius 1 is 1.47 bits per heavy atom. The molecule has 112 valence electrons. The molecule has 1 heterocycles. The van der Waals surface area contributed by atoms with Crippen LogP contribution in [-0.2, 0) is 10.0 Å². The normalized spacial score (nSPS) is 20.2. The molecule has 4 nitrogen and oxygen atoms in total. The van der Waals surface area contributed by atoms with Crippen molar-refractivity contribution in [1.29, 1.82) is 0 Å². The van der Waals surface area contributed by atoms with Gasteiger partial charge in [0.05, 0.1) is 5.25 Å². The predicted octanol–water partition coefficient (Wildman–Crippen LogP) is 1.51. The van der Waals surface area contributed by atoms with E-state index < -0.39 is 27.0 Å². The maximum absolute atomic E-state index is 12.4. The van der Waals surface area contributed by atoms with E-state index in [1.807, 2.05) is 6.92 Å². The van der Waals surface area contributed by atoms with Crippen LogP contribution in [0.15, 0.2) is 11.6 Å². The second-order valence-electron chi connectivity index (χ2n) is 4.50. The summed E-state index contributed by atoms with van der Waals surface area (Å²) in [6.45, 7) is 4.06. The fourth-order valence-electron chi connectivity index (χ4n) is 1.85. The second-order valence-corrected chi connectivity index (χ2v) is 6.85. The predicted molar refractivity (Wildman–Crippen MR) is 67.3 cm³/mol. The molecule has 1 N–H and O–H groups in total. The summed E-state index contributed by atoms with van der Waals surface area (Å²) in [5.74, 6) is 0. The van der Waals surface area contributed by atoms with Gasteiger partial charge in [0, 0.05) is 25.2 Å². The highest BCUT2D eigenvalue weighted by atomic mass is 32.2. The van der Waals surface area contributed by atoms with Crippen molar-refractivity contribution in [2.24, 2.45) is 0 Å². The van der Waals surface area contributed by atoms with Crippen LogP contribution in [0.5, 0.6) is 0 Å². The van der Waals surface area contributed by atoms with Gasteiger partial charge in [0.1, 0.15) is 0 Å². The molecule has 1 aliphatic rings. The number of sulfonamides is 1. The van der Waals surface area contributed by atoms with Crippen molar-refractivity contribution in [3.63, 3.8) is 0 Å². The first-order valence-corrected chi connectivity index (χ1v) is 7.65. The summed E-state index contributed by atoms with van der Waals surface area (Å²) in [4.78, 5) is 0. The van der Waals surface area contributed by atoms with Gasteiger partial charge in [-0.1, -0.05) is 13.0 Å². The summed E-state index contributed by atoms with van der Waals surface area (Å²) < 4.78 is 62.7. The zero-order valence-corrected chi connectivity index (χ0v) is 11.8. The van der Waals surface area contributed by atoms with Crippen LogP contribution in [0.3, 0.4) is 0 Å². The molecule has 0 aromatic carbocycles. The van der Waals surface area contributed by atoms with E-state index in [0.29, 0.717) is 13.1 Å². The monoisotopic (exact) mass is 300 g/mol. The minimum atomic E-state index is -4.36. The minimum absolute atomic E-state index is 0.107. The highest BCUT2D eigenvalue weighted by Gasteiger charge is 2.37. The lowest BCUT2D eigenvalue weighted by molar-refractivity contribution is -0.0953. The average Bonchev–Trinajstić information content (AvgIpc) is 2.35. The molecule has 0 bridgehead atoms. The summed E-state index contributed by atoms with van der Waals surface area (Å²) in [5.41, 5.74) is -0.640. The van der Waals surface area contributed by atoms with Crippen molar-refractivity contribution in [2.45, 2.75) is 31.7 Å². The lowest BCUT2D eigenvalue weighted by Gasteiger charge is -2.29. The molecule has 0 saturated carbocycles. The second kappa shape index (κ2) is 6.23.